The van der Waals surface area contributed by atoms with Crippen LogP contribution in [0, 0.1) is 0 Å². The van der Waals surface area contributed by atoms with Crippen molar-refractivity contribution in [1.82, 2.24) is 0 Å². The first-order chi connectivity index (χ1) is 12.7. The molecule has 0 fully saturated rings. The molecule has 0 aliphatic heterocycles. The summed E-state index contributed by atoms with van der Waals surface area (Å²) in [5.41, 5.74) is 0. The van der Waals surface area contributed by atoms with Crippen molar-refractivity contribution >= 4 is 35.3 Å². The Morgan fingerprint density at radius 3 is 1.81 bits per heavy atom. The maximum atomic E-state index is 11.9. The second kappa shape index (κ2) is 14.8. The Morgan fingerprint density at radius 1 is 0.926 bits per heavy atom. The van der Waals surface area contributed by atoms with Gasteiger partial charge in [0.15, 0.2) is 0 Å². The van der Waals surface area contributed by atoms with Crippen molar-refractivity contribution in [3.8, 4) is 0 Å². The van der Waals surface area contributed by atoms with Gasteiger partial charge in [0.1, 0.15) is 0 Å². The fourth-order valence-corrected chi connectivity index (χ4v) is 18.0. The molecule has 0 heterocycles. The van der Waals surface area contributed by atoms with Gasteiger partial charge in [-0.15, -0.1) is 0 Å². The first-order valence-corrected chi connectivity index (χ1v) is 19.2. The van der Waals surface area contributed by atoms with Crippen molar-refractivity contribution in [2.75, 3.05) is 0 Å². The number of aliphatic hydroxyl groups excluding tert-OH is 1. The summed E-state index contributed by atoms with van der Waals surface area (Å²) < 4.78 is 6.75. The van der Waals surface area contributed by atoms with E-state index >= 15 is 0 Å². The number of hydrogen-bond donors (Lipinski definition) is 1. The van der Waals surface area contributed by atoms with E-state index in [1.54, 1.807) is 6.08 Å². The zero-order valence-corrected chi connectivity index (χ0v) is 22.2. The average molecular weight is 501 g/mol. The maximum absolute atomic E-state index is 11.9. The summed E-state index contributed by atoms with van der Waals surface area (Å²) >= 11 is -1.01. The molecule has 27 heavy (non-hydrogen) atoms. The molecule has 1 N–H and O–H groups in total. The Morgan fingerprint density at radius 2 is 1.41 bits per heavy atom. The first kappa shape index (κ1) is 26.8. The molecule has 2 nitrogen and oxygen atoms in total. The Bertz CT molecular complexity index is 479. The zero-order chi connectivity index (χ0) is 20.8. The third kappa shape index (κ3) is 14.5. The molecule has 0 aromatic carbocycles. The number of allylic oxidation sites excluding steroid dienone is 3. The van der Waals surface area contributed by atoms with E-state index in [-0.39, 0.29) is 15.6 Å². The van der Waals surface area contributed by atoms with Gasteiger partial charge in [0, 0.05) is 0 Å². The van der Waals surface area contributed by atoms with Crippen LogP contribution >= 0.6 is 11.8 Å². The fraction of sp³-hybridized carbons (Fsp3) is 0.696. The molecule has 0 radical (unpaired) electrons. The summed E-state index contributed by atoms with van der Waals surface area (Å²) in [7, 11) is 0. The number of hydrogen-bond acceptors (Lipinski definition) is 3. The summed E-state index contributed by atoms with van der Waals surface area (Å²) in [5.74, 6) is 0.0397. The molecular weight excluding hydrogens is 459 g/mol. The Balaban J connectivity index is 5.08. The van der Waals surface area contributed by atoms with E-state index in [1.807, 2.05) is 26.8 Å². The minimum atomic E-state index is -2.25. The fourth-order valence-electron chi connectivity index (χ4n) is 3.13. The van der Waals surface area contributed by atoms with Gasteiger partial charge in [0.25, 0.3) is 0 Å². The number of thioether (sulfide) groups is 1. The molecule has 0 unspecified atom stereocenters. The molecule has 0 bridgehead atoms. The van der Waals surface area contributed by atoms with Crippen molar-refractivity contribution in [2.45, 2.75) is 98.1 Å². The van der Waals surface area contributed by atoms with E-state index in [0.29, 0.717) is 0 Å². The van der Waals surface area contributed by atoms with Gasteiger partial charge in [-0.2, -0.15) is 0 Å². The predicted octanol–water partition coefficient (Wildman–Crippen LogP) is 7.99. The molecule has 0 atom stereocenters. The Kier molecular flexibility index (Phi) is 14.7. The van der Waals surface area contributed by atoms with Gasteiger partial charge in [-0.05, 0) is 0 Å². The van der Waals surface area contributed by atoms with Crippen molar-refractivity contribution in [2.24, 2.45) is 0 Å². The van der Waals surface area contributed by atoms with Gasteiger partial charge in [0.2, 0.25) is 0 Å². The summed E-state index contributed by atoms with van der Waals surface area (Å²) in [6, 6.07) is 0. The molecule has 0 saturated heterocycles. The van der Waals surface area contributed by atoms with Crippen LogP contribution in [-0.2, 0) is 4.79 Å². The second-order valence-corrected chi connectivity index (χ2v) is 23.3. The number of unbranched alkanes of at least 4 members (excludes halogenated alkanes) is 3. The monoisotopic (exact) mass is 502 g/mol. The molecule has 0 aliphatic carbocycles. The summed E-state index contributed by atoms with van der Waals surface area (Å²) in [6.07, 6.45) is 14.9. The second-order valence-electron chi connectivity index (χ2n) is 8.49. The van der Waals surface area contributed by atoms with Crippen LogP contribution < -0.4 is 0 Å². The van der Waals surface area contributed by atoms with E-state index in [9.17, 15) is 9.90 Å². The van der Waals surface area contributed by atoms with E-state index in [0.717, 1.165) is 0 Å². The number of aliphatic hydroxyl groups is 1. The van der Waals surface area contributed by atoms with E-state index in [4.69, 9.17) is 0 Å². The van der Waals surface area contributed by atoms with Gasteiger partial charge in [0.05, 0.1) is 0 Å². The van der Waals surface area contributed by atoms with E-state index in [2.05, 4.69) is 30.9 Å². The zero-order valence-electron chi connectivity index (χ0n) is 18.5. The van der Waals surface area contributed by atoms with Crippen LogP contribution in [0.1, 0.15) is 80.1 Å². The van der Waals surface area contributed by atoms with Crippen molar-refractivity contribution < 1.29 is 9.90 Å². The standard InChI is InChI=1S/C11H15O2S.3C4H9.Sn/c1-5-6-7-9(12)8-10(13)14-11(2,3)4;3*1-3-4-2;/h1,5-8,12H,2-4H3;3*1,3-4H2,2H3;/b5-1?,7-6+,9-8-;;;;. The molecule has 156 valence electrons. The van der Waals surface area contributed by atoms with Crippen LogP contribution in [0.5, 0.6) is 0 Å². The average Bonchev–Trinajstić information content (AvgIpc) is 2.57. The summed E-state index contributed by atoms with van der Waals surface area (Å²) in [6.45, 7) is 12.8. The topological polar surface area (TPSA) is 37.3 Å². The van der Waals surface area contributed by atoms with Gasteiger partial charge in [-0.25, -0.2) is 0 Å². The van der Waals surface area contributed by atoms with Gasteiger partial charge in [-0.3, -0.25) is 0 Å². The third-order valence-electron chi connectivity index (χ3n) is 4.59. The molecule has 0 saturated carbocycles. The Hall–Kier alpha value is -0.161. The molecule has 0 aromatic heterocycles. The summed E-state index contributed by atoms with van der Waals surface area (Å²) in [4.78, 5) is 11.9. The van der Waals surface area contributed by atoms with Crippen molar-refractivity contribution in [1.29, 1.82) is 0 Å². The normalized spacial score (nSPS) is 13.8. The predicted molar refractivity (Wildman–Crippen MR) is 126 cm³/mol. The quantitative estimate of drug-likeness (QED) is 0.120. The van der Waals surface area contributed by atoms with Crippen LogP contribution in [0.3, 0.4) is 0 Å². The number of carbonyl (C=O) groups excluding carboxylic acids is 1. The molecular formula is C23H42O2SSn. The van der Waals surface area contributed by atoms with Crippen LogP contribution in [0.2, 0.25) is 13.3 Å². The van der Waals surface area contributed by atoms with Gasteiger partial charge < -0.3 is 0 Å². The van der Waals surface area contributed by atoms with Gasteiger partial charge in [-0.1, -0.05) is 0 Å². The van der Waals surface area contributed by atoms with Crippen molar-refractivity contribution in [3.63, 3.8) is 0 Å². The molecule has 0 aromatic rings. The molecule has 0 amide bonds. The van der Waals surface area contributed by atoms with Gasteiger partial charge >= 0.3 is 177 Å². The first-order valence-electron chi connectivity index (χ1n) is 10.7. The van der Waals surface area contributed by atoms with Crippen LogP contribution in [0.4, 0.5) is 0 Å². The van der Waals surface area contributed by atoms with E-state index in [1.165, 1.54) is 69.7 Å². The molecule has 0 aliphatic rings. The molecule has 0 spiro atoms. The Labute approximate surface area is 176 Å². The van der Waals surface area contributed by atoms with Crippen LogP contribution in [-0.4, -0.2) is 33.3 Å². The molecule has 4 heteroatoms. The molecule has 0 rings (SSSR count). The number of carbonyl (C=O) groups is 1. The summed E-state index contributed by atoms with van der Waals surface area (Å²) in [5, 5.41) is 9.89. The van der Waals surface area contributed by atoms with Crippen LogP contribution in [0.25, 0.3) is 0 Å². The van der Waals surface area contributed by atoms with Crippen LogP contribution in [0.15, 0.2) is 34.2 Å². The SMILES string of the molecule is CCC[CH2][Sn](/[CH]=C/C=C/C(O)=C/C(=O)SC(C)(C)C)([CH2]CCC)[CH2]CCC. The third-order valence-corrected chi connectivity index (χ3v) is 19.6. The minimum absolute atomic E-state index is 0.0397. The van der Waals surface area contributed by atoms with Crippen molar-refractivity contribution in [3.05, 3.63) is 34.2 Å². The van der Waals surface area contributed by atoms with E-state index < -0.39 is 18.4 Å². The number of rotatable bonds is 13.